The molecule has 0 spiro atoms. The number of hydrogen-bond donors (Lipinski definition) is 6. The van der Waals surface area contributed by atoms with E-state index in [-0.39, 0.29) is 23.5 Å². The van der Waals surface area contributed by atoms with Crippen LogP contribution in [0, 0.1) is 0 Å². The number of aliphatic hydroxyl groups is 2. The van der Waals surface area contributed by atoms with Gasteiger partial charge in [0.25, 0.3) is 0 Å². The van der Waals surface area contributed by atoms with Crippen LogP contribution in [0.2, 0.25) is 5.28 Å². The molecule has 6 N–H and O–H groups in total. The first kappa shape index (κ1) is 26.4. The van der Waals surface area contributed by atoms with Crippen molar-refractivity contribution in [1.82, 2.24) is 29.3 Å². The fourth-order valence-corrected chi connectivity index (χ4v) is 8.67. The lowest BCUT2D eigenvalue weighted by Crippen LogP contribution is -2.63. The summed E-state index contributed by atoms with van der Waals surface area (Å²) in [5.41, 5.74) is 0.660. The SMILES string of the molecule is O=P(O)(O)CP(=O)(O)CC[C@H]1O[C@@H](n2cnc3c(NC4CN5CCN4CC5)nc(Cl)nc32)C(O)C1O. The number of aliphatic hydroxyl groups excluding tert-OH is 2. The maximum absolute atomic E-state index is 12.1. The Bertz CT molecular complexity index is 1220. The number of aromatic nitrogens is 4. The van der Waals surface area contributed by atoms with E-state index < -0.39 is 51.6 Å². The molecule has 4 unspecified atom stereocenters. The Morgan fingerprint density at radius 1 is 1.11 bits per heavy atom. The summed E-state index contributed by atoms with van der Waals surface area (Å²) in [6.45, 7) is 4.71. The average molecular weight is 568 g/mol. The van der Waals surface area contributed by atoms with Gasteiger partial charge in [0, 0.05) is 38.9 Å². The number of piperazine rings is 3. The van der Waals surface area contributed by atoms with Gasteiger partial charge in [0.2, 0.25) is 12.7 Å². The summed E-state index contributed by atoms with van der Waals surface area (Å²) in [5.74, 6) is -0.742. The number of hydrogen-bond acceptors (Lipinski definition) is 11. The maximum atomic E-state index is 12.1. The second-order valence-electron chi connectivity index (χ2n) is 9.37. The number of anilines is 1. The van der Waals surface area contributed by atoms with E-state index >= 15 is 0 Å². The second kappa shape index (κ2) is 9.83. The predicted octanol–water partition coefficient (Wildman–Crippen LogP) is -0.736. The van der Waals surface area contributed by atoms with Crippen molar-refractivity contribution in [2.24, 2.45) is 0 Å². The van der Waals surface area contributed by atoms with Gasteiger partial charge in [-0.05, 0) is 18.0 Å². The van der Waals surface area contributed by atoms with Crippen molar-refractivity contribution in [3.8, 4) is 0 Å². The van der Waals surface area contributed by atoms with Crippen molar-refractivity contribution in [3.63, 3.8) is 0 Å². The second-order valence-corrected chi connectivity index (χ2v) is 14.3. The molecule has 2 aromatic heterocycles. The molecule has 4 fully saturated rings. The first-order valence-electron chi connectivity index (χ1n) is 11.4. The molecule has 0 saturated carbocycles. The lowest BCUT2D eigenvalue weighted by atomic mass is 10.1. The summed E-state index contributed by atoms with van der Waals surface area (Å²) < 4.78 is 30.5. The van der Waals surface area contributed by atoms with Crippen LogP contribution >= 0.6 is 26.6 Å². The molecule has 0 aliphatic carbocycles. The number of halogens is 1. The van der Waals surface area contributed by atoms with Gasteiger partial charge < -0.3 is 34.9 Å². The Morgan fingerprint density at radius 2 is 1.83 bits per heavy atom. The zero-order valence-electron chi connectivity index (χ0n) is 19.0. The molecule has 2 aromatic rings. The largest absolute Gasteiger partial charge is 0.388 e. The highest BCUT2D eigenvalue weighted by atomic mass is 35.5. The highest BCUT2D eigenvalue weighted by Crippen LogP contribution is 2.55. The van der Waals surface area contributed by atoms with Crippen LogP contribution in [0.1, 0.15) is 12.6 Å². The van der Waals surface area contributed by atoms with E-state index in [1.165, 1.54) is 10.9 Å². The number of nitrogens with one attached hydrogen (secondary N) is 1. The fourth-order valence-electron chi connectivity index (χ4n) is 4.97. The zero-order valence-corrected chi connectivity index (χ0v) is 21.6. The number of nitrogens with zero attached hydrogens (tertiary/aromatic N) is 6. The lowest BCUT2D eigenvalue weighted by Gasteiger charge is -2.47. The standard InChI is InChI=1S/C18H28ClN7O8P2/c19-18-22-15(21-11-7-24-2-4-25(11)5-3-24)12-16(23-18)26(8-20-12)17-14(28)13(27)10(34-17)1-6-35(29,30)9-36(31,32)33/h8,10-11,13-14,17,27-28H,1-7,9H2,(H,29,30)(H,21,22,23)(H2,31,32,33)/t10-,11?,13?,14?,17-/m1/s1. The fraction of sp³-hybridized carbons (Fsp3) is 0.722. The Kier molecular flexibility index (Phi) is 7.20. The molecular weight excluding hydrogens is 540 g/mol. The Balaban J connectivity index is 1.34. The third kappa shape index (κ3) is 5.47. The van der Waals surface area contributed by atoms with Crippen molar-refractivity contribution in [1.29, 1.82) is 0 Å². The highest BCUT2D eigenvalue weighted by Gasteiger charge is 2.45. The maximum Gasteiger partial charge on any atom is 0.335 e. The number of fused-ring (bicyclic) bond motifs is 4. The molecule has 18 heteroatoms. The summed E-state index contributed by atoms with van der Waals surface area (Å²) in [6.07, 6.45) is -4.34. The van der Waals surface area contributed by atoms with Gasteiger partial charge in [0.15, 0.2) is 23.2 Å². The number of ether oxygens (including phenoxy) is 1. The average Bonchev–Trinajstić information content (AvgIpc) is 3.33. The molecule has 2 bridgehead atoms. The topological polar surface area (TPSA) is 207 Å². The number of imidazole rings is 1. The molecule has 15 nitrogen and oxygen atoms in total. The molecule has 200 valence electrons. The number of rotatable bonds is 8. The van der Waals surface area contributed by atoms with Crippen molar-refractivity contribution < 1.29 is 38.8 Å². The molecule has 0 amide bonds. The molecule has 4 aliphatic rings. The first-order chi connectivity index (χ1) is 16.9. The molecule has 6 rings (SSSR count). The molecule has 36 heavy (non-hydrogen) atoms. The van der Waals surface area contributed by atoms with E-state index in [9.17, 15) is 24.2 Å². The van der Waals surface area contributed by atoms with Crippen LogP contribution in [0.3, 0.4) is 0 Å². The summed E-state index contributed by atoms with van der Waals surface area (Å²) >= 11 is 6.20. The monoisotopic (exact) mass is 567 g/mol. The van der Waals surface area contributed by atoms with E-state index in [4.69, 9.17) is 26.1 Å². The van der Waals surface area contributed by atoms with Crippen molar-refractivity contribution in [2.45, 2.75) is 37.1 Å². The molecular formula is C18H28ClN7O8P2. The minimum atomic E-state index is -4.70. The summed E-state index contributed by atoms with van der Waals surface area (Å²) in [5, 5.41) is 24.5. The lowest BCUT2D eigenvalue weighted by molar-refractivity contribution is -0.0354. The van der Waals surface area contributed by atoms with Crippen LogP contribution in [0.15, 0.2) is 6.33 Å². The van der Waals surface area contributed by atoms with Gasteiger partial charge in [-0.1, -0.05) is 0 Å². The first-order valence-corrected chi connectivity index (χ1v) is 15.6. The Labute approximate surface area is 210 Å². The van der Waals surface area contributed by atoms with E-state index in [0.717, 1.165) is 32.7 Å². The third-order valence-electron chi connectivity index (χ3n) is 6.76. The zero-order chi connectivity index (χ0) is 25.8. The van der Waals surface area contributed by atoms with Crippen LogP contribution in [0.25, 0.3) is 11.2 Å². The van der Waals surface area contributed by atoms with Gasteiger partial charge in [-0.3, -0.25) is 23.5 Å². The minimum Gasteiger partial charge on any atom is -0.388 e. The van der Waals surface area contributed by atoms with Crippen molar-refractivity contribution in [2.75, 3.05) is 50.1 Å². The normalized spacial score (nSPS) is 34.2. The summed E-state index contributed by atoms with van der Waals surface area (Å²) in [6, 6.07) is 0. The van der Waals surface area contributed by atoms with Crippen molar-refractivity contribution >= 4 is 43.5 Å². The smallest absolute Gasteiger partial charge is 0.335 e. The van der Waals surface area contributed by atoms with Gasteiger partial charge >= 0.3 is 7.60 Å². The Hall–Kier alpha value is -1.22. The van der Waals surface area contributed by atoms with E-state index in [1.54, 1.807) is 0 Å². The van der Waals surface area contributed by atoms with Gasteiger partial charge in [-0.15, -0.1) is 0 Å². The van der Waals surface area contributed by atoms with Gasteiger partial charge in [0.05, 0.1) is 18.6 Å². The molecule has 6 heterocycles. The van der Waals surface area contributed by atoms with Crippen molar-refractivity contribution in [3.05, 3.63) is 11.6 Å². The summed E-state index contributed by atoms with van der Waals surface area (Å²) in [4.78, 5) is 45.5. The predicted molar refractivity (Wildman–Crippen MR) is 128 cm³/mol. The van der Waals surface area contributed by atoms with Gasteiger partial charge in [-0.2, -0.15) is 9.97 Å². The van der Waals surface area contributed by atoms with E-state index in [2.05, 4.69) is 30.1 Å². The molecule has 4 aliphatic heterocycles. The Morgan fingerprint density at radius 3 is 2.47 bits per heavy atom. The molecule has 4 saturated heterocycles. The summed E-state index contributed by atoms with van der Waals surface area (Å²) in [7, 11) is -8.87. The van der Waals surface area contributed by atoms with Crippen LogP contribution < -0.4 is 5.32 Å². The van der Waals surface area contributed by atoms with Crippen LogP contribution in [0.5, 0.6) is 0 Å². The minimum absolute atomic E-state index is 0.0219. The molecule has 6 atom stereocenters. The van der Waals surface area contributed by atoms with E-state index in [0.29, 0.717) is 11.3 Å². The van der Waals surface area contributed by atoms with E-state index in [1.807, 2.05) is 0 Å². The third-order valence-corrected chi connectivity index (χ3v) is 11.1. The van der Waals surface area contributed by atoms with Crippen LogP contribution in [-0.4, -0.2) is 123 Å². The van der Waals surface area contributed by atoms with Gasteiger partial charge in [0.1, 0.15) is 18.1 Å². The molecule has 0 radical (unpaired) electrons. The van der Waals surface area contributed by atoms with Gasteiger partial charge in [-0.25, -0.2) is 4.98 Å². The molecule has 0 aromatic carbocycles. The van der Waals surface area contributed by atoms with Crippen LogP contribution in [-0.2, 0) is 13.9 Å². The quantitative estimate of drug-likeness (QED) is 0.172. The van der Waals surface area contributed by atoms with Crippen LogP contribution in [0.4, 0.5) is 5.82 Å². The highest BCUT2D eigenvalue weighted by molar-refractivity contribution is 7.72.